The van der Waals surface area contributed by atoms with Crippen LogP contribution in [-0.2, 0) is 24.2 Å². The van der Waals surface area contributed by atoms with Gasteiger partial charge in [0, 0.05) is 42.4 Å². The van der Waals surface area contributed by atoms with Gasteiger partial charge in [0.15, 0.2) is 0 Å². The summed E-state index contributed by atoms with van der Waals surface area (Å²) in [6.45, 7) is 2.83. The third-order valence-corrected chi connectivity index (χ3v) is 4.46. The zero-order valence-electron chi connectivity index (χ0n) is 13.1. The Labute approximate surface area is 134 Å². The summed E-state index contributed by atoms with van der Waals surface area (Å²) in [6.07, 6.45) is 7.68. The van der Waals surface area contributed by atoms with E-state index in [1.807, 2.05) is 37.5 Å². The molecule has 3 heterocycles. The Morgan fingerprint density at radius 1 is 1.48 bits per heavy atom. The van der Waals surface area contributed by atoms with Gasteiger partial charge in [-0.1, -0.05) is 12.1 Å². The third-order valence-electron chi connectivity index (χ3n) is 4.46. The summed E-state index contributed by atoms with van der Waals surface area (Å²) in [5.41, 5.74) is 2.94. The average molecular weight is 309 g/mol. The highest BCUT2D eigenvalue weighted by Crippen LogP contribution is 2.23. The van der Waals surface area contributed by atoms with Crippen molar-refractivity contribution in [2.24, 2.45) is 0 Å². The Morgan fingerprint density at radius 3 is 3.30 bits per heavy atom. The van der Waals surface area contributed by atoms with E-state index in [4.69, 9.17) is 4.42 Å². The Hall–Kier alpha value is -2.56. The highest BCUT2D eigenvalue weighted by molar-refractivity contribution is 5.88. The molecule has 1 amide bonds. The summed E-state index contributed by atoms with van der Waals surface area (Å²) in [7, 11) is 0. The second kappa shape index (κ2) is 5.57. The number of benzene rings is 1. The lowest BCUT2D eigenvalue weighted by atomic mass is 10.1. The van der Waals surface area contributed by atoms with Crippen LogP contribution in [0.25, 0.3) is 11.0 Å². The minimum atomic E-state index is 0.0434. The lowest BCUT2D eigenvalue weighted by Crippen LogP contribution is -2.41. The maximum absolute atomic E-state index is 12.4. The van der Waals surface area contributed by atoms with Gasteiger partial charge in [-0.15, -0.1) is 0 Å². The quantitative estimate of drug-likeness (QED) is 0.809. The number of rotatable bonds is 3. The van der Waals surface area contributed by atoms with Crippen LogP contribution in [0.5, 0.6) is 0 Å². The predicted octanol–water partition coefficient (Wildman–Crippen LogP) is 2.61. The number of aromatic nitrogens is 2. The van der Waals surface area contributed by atoms with Gasteiger partial charge in [-0.25, -0.2) is 4.98 Å². The second-order valence-electron chi connectivity index (χ2n) is 6.24. The number of nitrogens with one attached hydrogen (secondary N) is 1. The Morgan fingerprint density at radius 2 is 2.39 bits per heavy atom. The van der Waals surface area contributed by atoms with Crippen molar-refractivity contribution in [3.05, 3.63) is 53.8 Å². The first kappa shape index (κ1) is 14.1. The molecule has 0 spiro atoms. The van der Waals surface area contributed by atoms with Gasteiger partial charge >= 0.3 is 0 Å². The number of furan rings is 1. The lowest BCUT2D eigenvalue weighted by molar-refractivity contribution is -0.121. The van der Waals surface area contributed by atoms with Crippen molar-refractivity contribution >= 4 is 16.9 Å². The van der Waals surface area contributed by atoms with Crippen molar-refractivity contribution in [2.75, 3.05) is 0 Å². The summed E-state index contributed by atoms with van der Waals surface area (Å²) >= 11 is 0. The molecule has 1 atom stereocenters. The SMILES string of the molecule is Cc1ccc2c(CC(=O)N[C@@H]3CCc4nccn4C3)coc2c1. The van der Waals surface area contributed by atoms with Crippen LogP contribution >= 0.6 is 0 Å². The highest BCUT2D eigenvalue weighted by Gasteiger charge is 2.21. The van der Waals surface area contributed by atoms with Gasteiger partial charge in [-0.3, -0.25) is 4.79 Å². The van der Waals surface area contributed by atoms with Gasteiger partial charge < -0.3 is 14.3 Å². The van der Waals surface area contributed by atoms with Gasteiger partial charge in [0.05, 0.1) is 12.7 Å². The number of carbonyl (C=O) groups excluding carboxylic acids is 1. The van der Waals surface area contributed by atoms with Crippen LogP contribution in [0.4, 0.5) is 0 Å². The smallest absolute Gasteiger partial charge is 0.224 e. The molecule has 0 unspecified atom stereocenters. The number of amides is 1. The summed E-state index contributed by atoms with van der Waals surface area (Å²) in [4.78, 5) is 16.7. The number of imidazole rings is 1. The molecule has 2 aromatic heterocycles. The average Bonchev–Trinajstić information content (AvgIpc) is 3.13. The fraction of sp³-hybridized carbons (Fsp3) is 0.333. The molecule has 0 aliphatic carbocycles. The molecule has 0 fully saturated rings. The van der Waals surface area contributed by atoms with Crippen LogP contribution in [-0.4, -0.2) is 21.5 Å². The largest absolute Gasteiger partial charge is 0.464 e. The number of carbonyl (C=O) groups is 1. The van der Waals surface area contributed by atoms with Crippen LogP contribution in [0, 0.1) is 6.92 Å². The normalized spacial score (nSPS) is 17.2. The maximum atomic E-state index is 12.4. The molecule has 5 heteroatoms. The van der Waals surface area contributed by atoms with E-state index in [1.165, 1.54) is 0 Å². The van der Waals surface area contributed by atoms with Gasteiger partial charge in [-0.2, -0.15) is 0 Å². The van der Waals surface area contributed by atoms with E-state index in [-0.39, 0.29) is 11.9 Å². The molecule has 5 nitrogen and oxygen atoms in total. The van der Waals surface area contributed by atoms with E-state index in [0.29, 0.717) is 6.42 Å². The molecule has 1 aliphatic heterocycles. The molecule has 3 aromatic rings. The minimum Gasteiger partial charge on any atom is -0.464 e. The first-order valence-electron chi connectivity index (χ1n) is 7.95. The molecule has 1 aliphatic rings. The number of hydrogen-bond donors (Lipinski definition) is 1. The van der Waals surface area contributed by atoms with Gasteiger partial charge in [-0.05, 0) is 25.0 Å². The van der Waals surface area contributed by atoms with E-state index in [0.717, 1.165) is 47.3 Å². The first-order valence-corrected chi connectivity index (χ1v) is 7.95. The minimum absolute atomic E-state index is 0.0434. The molecule has 0 radical (unpaired) electrons. The molecule has 4 rings (SSSR count). The van der Waals surface area contributed by atoms with Crippen molar-refractivity contribution in [2.45, 2.75) is 38.8 Å². The van der Waals surface area contributed by atoms with Crippen molar-refractivity contribution < 1.29 is 9.21 Å². The van der Waals surface area contributed by atoms with Crippen molar-refractivity contribution in [3.63, 3.8) is 0 Å². The summed E-state index contributed by atoms with van der Waals surface area (Å²) in [5.74, 6) is 1.15. The van der Waals surface area contributed by atoms with Crippen LogP contribution < -0.4 is 5.32 Å². The number of hydrogen-bond acceptors (Lipinski definition) is 3. The van der Waals surface area contributed by atoms with Crippen molar-refractivity contribution in [1.82, 2.24) is 14.9 Å². The molecular formula is C18H19N3O2. The van der Waals surface area contributed by atoms with Crippen molar-refractivity contribution in [1.29, 1.82) is 0 Å². The molecule has 1 N–H and O–H groups in total. The maximum Gasteiger partial charge on any atom is 0.224 e. The van der Waals surface area contributed by atoms with Gasteiger partial charge in [0.1, 0.15) is 11.4 Å². The summed E-state index contributed by atoms with van der Waals surface area (Å²) in [6, 6.07) is 6.23. The number of nitrogens with zero attached hydrogens (tertiary/aromatic N) is 2. The molecule has 0 bridgehead atoms. The predicted molar refractivity (Wildman–Crippen MR) is 87.1 cm³/mol. The Balaban J connectivity index is 1.44. The molecule has 0 saturated carbocycles. The van der Waals surface area contributed by atoms with Crippen LogP contribution in [0.2, 0.25) is 0 Å². The molecule has 1 aromatic carbocycles. The van der Waals surface area contributed by atoms with Crippen LogP contribution in [0.3, 0.4) is 0 Å². The molecule has 0 saturated heterocycles. The van der Waals surface area contributed by atoms with E-state index in [9.17, 15) is 4.79 Å². The van der Waals surface area contributed by atoms with Gasteiger partial charge in [0.25, 0.3) is 0 Å². The second-order valence-corrected chi connectivity index (χ2v) is 6.24. The van der Waals surface area contributed by atoms with Crippen molar-refractivity contribution in [3.8, 4) is 0 Å². The zero-order valence-corrected chi connectivity index (χ0v) is 13.1. The van der Waals surface area contributed by atoms with Crippen LogP contribution in [0.1, 0.15) is 23.4 Å². The van der Waals surface area contributed by atoms with Crippen LogP contribution in [0.15, 0.2) is 41.3 Å². The summed E-state index contributed by atoms with van der Waals surface area (Å²) < 4.78 is 7.68. The lowest BCUT2D eigenvalue weighted by Gasteiger charge is -2.24. The molecular weight excluding hydrogens is 290 g/mol. The topological polar surface area (TPSA) is 60.1 Å². The standard InChI is InChI=1S/C18H19N3O2/c1-12-2-4-15-13(11-23-16(15)8-12)9-18(22)20-14-3-5-17-19-6-7-21(17)10-14/h2,4,6-8,11,14H,3,5,9-10H2,1H3,(H,20,22)/t14-/m1/s1. The Bertz CT molecular complexity index is 862. The zero-order chi connectivity index (χ0) is 15.8. The van der Waals surface area contributed by atoms with E-state index >= 15 is 0 Å². The summed E-state index contributed by atoms with van der Waals surface area (Å²) in [5, 5.41) is 4.15. The molecule has 23 heavy (non-hydrogen) atoms. The molecule has 118 valence electrons. The number of aryl methyl sites for hydroxylation is 2. The first-order chi connectivity index (χ1) is 11.2. The fourth-order valence-electron chi connectivity index (χ4n) is 3.26. The van der Waals surface area contributed by atoms with E-state index in [2.05, 4.69) is 14.9 Å². The highest BCUT2D eigenvalue weighted by atomic mass is 16.3. The fourth-order valence-corrected chi connectivity index (χ4v) is 3.26. The van der Waals surface area contributed by atoms with E-state index in [1.54, 1.807) is 6.26 Å². The monoisotopic (exact) mass is 309 g/mol. The third kappa shape index (κ3) is 2.74. The van der Waals surface area contributed by atoms with E-state index < -0.39 is 0 Å². The Kier molecular flexibility index (Phi) is 3.41. The van der Waals surface area contributed by atoms with Gasteiger partial charge in [0.2, 0.25) is 5.91 Å². The number of fused-ring (bicyclic) bond motifs is 2.